The maximum atomic E-state index is 12.0. The van der Waals surface area contributed by atoms with E-state index in [0.717, 1.165) is 23.7 Å². The molecule has 1 amide bonds. The number of carboxylic acid groups (broad SMARTS) is 1. The Morgan fingerprint density at radius 1 is 1.30 bits per heavy atom. The van der Waals surface area contributed by atoms with Crippen LogP contribution in [-0.2, 0) is 16.1 Å². The standard InChI is InChI=1S/C15H16N2O3/c18-13(16-14(15(19)20)11-5-6-11)9-17-8-7-10-3-1-2-4-12(10)17/h1-4,7-8,11,14H,5-6,9H2,(H,16,18)(H,19,20). The largest absolute Gasteiger partial charge is 0.480 e. The topological polar surface area (TPSA) is 71.3 Å². The number of nitrogens with one attached hydrogen (secondary N) is 1. The lowest BCUT2D eigenvalue weighted by Crippen LogP contribution is -2.43. The van der Waals surface area contributed by atoms with Gasteiger partial charge in [0.15, 0.2) is 0 Å². The zero-order valence-corrected chi connectivity index (χ0v) is 11.0. The molecular weight excluding hydrogens is 256 g/mol. The highest BCUT2D eigenvalue weighted by Gasteiger charge is 2.37. The molecule has 0 radical (unpaired) electrons. The third-order valence-corrected chi connectivity index (χ3v) is 3.67. The number of amides is 1. The van der Waals surface area contributed by atoms with E-state index in [0.29, 0.717) is 0 Å². The van der Waals surface area contributed by atoms with Crippen LogP contribution < -0.4 is 5.32 Å². The van der Waals surface area contributed by atoms with E-state index in [-0.39, 0.29) is 18.4 Å². The molecule has 1 aliphatic rings. The number of aliphatic carboxylic acids is 1. The summed E-state index contributed by atoms with van der Waals surface area (Å²) in [6.07, 6.45) is 3.60. The molecule has 0 spiro atoms. The zero-order valence-electron chi connectivity index (χ0n) is 11.0. The van der Waals surface area contributed by atoms with Crippen molar-refractivity contribution in [3.05, 3.63) is 36.5 Å². The summed E-state index contributed by atoms with van der Waals surface area (Å²) in [4.78, 5) is 23.1. The summed E-state index contributed by atoms with van der Waals surface area (Å²) in [5.41, 5.74) is 0.973. The van der Waals surface area contributed by atoms with Gasteiger partial charge in [-0.25, -0.2) is 4.79 Å². The van der Waals surface area contributed by atoms with E-state index >= 15 is 0 Å². The first-order valence-electron chi connectivity index (χ1n) is 6.71. The van der Waals surface area contributed by atoms with Crippen molar-refractivity contribution in [2.75, 3.05) is 0 Å². The predicted molar refractivity (Wildman–Crippen MR) is 74.2 cm³/mol. The fourth-order valence-electron chi connectivity index (χ4n) is 2.46. The van der Waals surface area contributed by atoms with E-state index in [1.54, 1.807) is 0 Å². The van der Waals surface area contributed by atoms with Gasteiger partial charge in [-0.2, -0.15) is 0 Å². The highest BCUT2D eigenvalue weighted by atomic mass is 16.4. The van der Waals surface area contributed by atoms with Gasteiger partial charge in [-0.15, -0.1) is 0 Å². The van der Waals surface area contributed by atoms with Crippen LogP contribution in [0.1, 0.15) is 12.8 Å². The second-order valence-corrected chi connectivity index (χ2v) is 5.22. The fraction of sp³-hybridized carbons (Fsp3) is 0.333. The van der Waals surface area contributed by atoms with E-state index in [1.807, 2.05) is 41.1 Å². The Bertz CT molecular complexity index is 658. The number of rotatable bonds is 5. The molecule has 1 heterocycles. The molecule has 2 aromatic rings. The van der Waals surface area contributed by atoms with E-state index in [1.165, 1.54) is 0 Å². The van der Waals surface area contributed by atoms with Crippen LogP contribution >= 0.6 is 0 Å². The van der Waals surface area contributed by atoms with Gasteiger partial charge in [0.1, 0.15) is 12.6 Å². The van der Waals surface area contributed by atoms with Crippen molar-refractivity contribution in [3.63, 3.8) is 0 Å². The first-order chi connectivity index (χ1) is 9.65. The normalized spacial score (nSPS) is 16.0. The molecule has 0 aliphatic heterocycles. The van der Waals surface area contributed by atoms with Crippen molar-refractivity contribution < 1.29 is 14.7 Å². The van der Waals surface area contributed by atoms with Gasteiger partial charge in [0, 0.05) is 11.7 Å². The fourth-order valence-corrected chi connectivity index (χ4v) is 2.46. The second kappa shape index (κ2) is 5.00. The molecule has 1 fully saturated rings. The van der Waals surface area contributed by atoms with Gasteiger partial charge < -0.3 is 15.0 Å². The Balaban J connectivity index is 1.71. The smallest absolute Gasteiger partial charge is 0.326 e. The van der Waals surface area contributed by atoms with Gasteiger partial charge in [-0.1, -0.05) is 18.2 Å². The summed E-state index contributed by atoms with van der Waals surface area (Å²) in [6, 6.07) is 8.98. The van der Waals surface area contributed by atoms with Crippen molar-refractivity contribution in [3.8, 4) is 0 Å². The number of hydrogen-bond donors (Lipinski definition) is 2. The third kappa shape index (κ3) is 2.52. The van der Waals surface area contributed by atoms with Crippen LogP contribution in [-0.4, -0.2) is 27.6 Å². The molecule has 1 atom stereocenters. The highest BCUT2D eigenvalue weighted by molar-refractivity contribution is 5.86. The minimum Gasteiger partial charge on any atom is -0.480 e. The van der Waals surface area contributed by atoms with Crippen LogP contribution in [0.15, 0.2) is 36.5 Å². The summed E-state index contributed by atoms with van der Waals surface area (Å²) in [5.74, 6) is -1.11. The minimum atomic E-state index is -0.946. The van der Waals surface area contributed by atoms with E-state index in [9.17, 15) is 9.59 Å². The molecule has 1 aromatic carbocycles. The first-order valence-corrected chi connectivity index (χ1v) is 6.71. The monoisotopic (exact) mass is 272 g/mol. The van der Waals surface area contributed by atoms with Crippen molar-refractivity contribution in [2.45, 2.75) is 25.4 Å². The molecule has 3 rings (SSSR count). The Labute approximate surface area is 116 Å². The lowest BCUT2D eigenvalue weighted by atomic mass is 10.2. The van der Waals surface area contributed by atoms with Gasteiger partial charge in [0.2, 0.25) is 5.91 Å². The van der Waals surface area contributed by atoms with Gasteiger partial charge in [-0.05, 0) is 36.3 Å². The summed E-state index contributed by atoms with van der Waals surface area (Å²) < 4.78 is 1.83. The molecule has 20 heavy (non-hydrogen) atoms. The van der Waals surface area contributed by atoms with E-state index in [4.69, 9.17) is 5.11 Å². The summed E-state index contributed by atoms with van der Waals surface area (Å²) in [5, 5.41) is 12.8. The Kier molecular flexibility index (Phi) is 3.18. The number of carbonyl (C=O) groups excluding carboxylic acids is 1. The van der Waals surface area contributed by atoms with E-state index < -0.39 is 12.0 Å². The molecule has 0 saturated heterocycles. The number of hydrogen-bond acceptors (Lipinski definition) is 2. The molecule has 1 saturated carbocycles. The highest BCUT2D eigenvalue weighted by Crippen LogP contribution is 2.32. The number of aromatic nitrogens is 1. The van der Waals surface area contributed by atoms with E-state index in [2.05, 4.69) is 5.32 Å². The Morgan fingerprint density at radius 3 is 2.75 bits per heavy atom. The van der Waals surface area contributed by atoms with Gasteiger partial charge in [0.05, 0.1) is 0 Å². The van der Waals surface area contributed by atoms with Crippen LogP contribution in [0.25, 0.3) is 10.9 Å². The quantitative estimate of drug-likeness (QED) is 0.868. The summed E-state index contributed by atoms with van der Waals surface area (Å²) >= 11 is 0. The molecule has 0 bridgehead atoms. The van der Waals surface area contributed by atoms with Gasteiger partial charge in [-0.3, -0.25) is 4.79 Å². The molecule has 5 nitrogen and oxygen atoms in total. The van der Waals surface area contributed by atoms with Crippen LogP contribution in [0.2, 0.25) is 0 Å². The number of nitrogens with zero attached hydrogens (tertiary/aromatic N) is 1. The van der Waals surface area contributed by atoms with Crippen LogP contribution in [0.5, 0.6) is 0 Å². The molecule has 104 valence electrons. The van der Waals surface area contributed by atoms with Crippen molar-refractivity contribution in [1.82, 2.24) is 9.88 Å². The van der Waals surface area contributed by atoms with Crippen LogP contribution in [0.3, 0.4) is 0 Å². The molecular formula is C15H16N2O3. The number of carboxylic acids is 1. The van der Waals surface area contributed by atoms with Gasteiger partial charge in [0.25, 0.3) is 0 Å². The summed E-state index contributed by atoms with van der Waals surface area (Å²) in [7, 11) is 0. The summed E-state index contributed by atoms with van der Waals surface area (Å²) in [6.45, 7) is 0.143. The lowest BCUT2D eigenvalue weighted by Gasteiger charge is -2.14. The predicted octanol–water partition coefficient (Wildman–Crippen LogP) is 1.62. The van der Waals surface area contributed by atoms with Crippen molar-refractivity contribution >= 4 is 22.8 Å². The molecule has 1 aliphatic carbocycles. The maximum absolute atomic E-state index is 12.0. The van der Waals surface area contributed by atoms with Crippen LogP contribution in [0, 0.1) is 5.92 Å². The number of fused-ring (bicyclic) bond motifs is 1. The van der Waals surface area contributed by atoms with Crippen molar-refractivity contribution in [2.24, 2.45) is 5.92 Å². The second-order valence-electron chi connectivity index (χ2n) is 5.22. The first kappa shape index (κ1) is 12.7. The average molecular weight is 272 g/mol. The van der Waals surface area contributed by atoms with Gasteiger partial charge >= 0.3 is 5.97 Å². The zero-order chi connectivity index (χ0) is 14.1. The lowest BCUT2D eigenvalue weighted by molar-refractivity contribution is -0.142. The maximum Gasteiger partial charge on any atom is 0.326 e. The SMILES string of the molecule is O=C(Cn1ccc2ccccc21)NC(C(=O)O)C1CC1. The van der Waals surface area contributed by atoms with Crippen molar-refractivity contribution in [1.29, 1.82) is 0 Å². The molecule has 1 aromatic heterocycles. The Morgan fingerprint density at radius 2 is 2.05 bits per heavy atom. The number of para-hydroxylation sites is 1. The van der Waals surface area contributed by atoms with Crippen LogP contribution in [0.4, 0.5) is 0 Å². The minimum absolute atomic E-state index is 0.0952. The third-order valence-electron chi connectivity index (χ3n) is 3.67. The average Bonchev–Trinajstić information content (AvgIpc) is 3.19. The number of benzene rings is 1. The Hall–Kier alpha value is -2.30. The molecule has 2 N–H and O–H groups in total. The molecule has 1 unspecified atom stereocenters. The molecule has 5 heteroatoms. The number of carbonyl (C=O) groups is 2.